The first kappa shape index (κ1) is 6.79. The Bertz CT molecular complexity index is 38.5. The van der Waals surface area contributed by atoms with E-state index in [9.17, 15) is 0 Å². The monoisotopic (exact) mass is 150 g/mol. The molecule has 0 rings (SSSR count). The van der Waals surface area contributed by atoms with Crippen LogP contribution in [0.15, 0.2) is 0 Å². The zero-order valence-corrected chi connectivity index (χ0v) is 4.76. The highest BCUT2D eigenvalue weighted by molar-refractivity contribution is 6.66. The van der Waals surface area contributed by atoms with Crippen molar-refractivity contribution >= 4 is 34.8 Å². The number of alkyl halides is 3. The van der Waals surface area contributed by atoms with Crippen molar-refractivity contribution in [3.8, 4) is 0 Å². The van der Waals surface area contributed by atoms with Gasteiger partial charge in [0.05, 0.1) is 0 Å². The van der Waals surface area contributed by atoms with Gasteiger partial charge in [0.1, 0.15) is 0 Å². The van der Waals surface area contributed by atoms with E-state index >= 15 is 0 Å². The summed E-state index contributed by atoms with van der Waals surface area (Å²) >= 11 is 14.3. The van der Waals surface area contributed by atoms with E-state index in [4.69, 9.17) is 40.1 Å². The number of rotatable bonds is 0. The van der Waals surface area contributed by atoms with Crippen LogP contribution in [0.4, 0.5) is 0 Å². The number of halogens is 3. The van der Waals surface area contributed by atoms with E-state index in [2.05, 4.69) is 4.89 Å². The normalized spacial score (nSPS) is 12.0. The van der Waals surface area contributed by atoms with E-state index in [1.807, 2.05) is 0 Å². The molecule has 0 aliphatic rings. The van der Waals surface area contributed by atoms with Crippen LogP contribution in [0.25, 0.3) is 0 Å². The Morgan fingerprint density at radius 2 is 1.50 bits per heavy atom. The Hall–Kier alpha value is 0.790. The molecule has 0 aromatic heterocycles. The standard InChI is InChI=1S/CHCl3O2/c2-1(3,4)6-5/h5H. The molecule has 0 unspecified atom stereocenters. The quantitative estimate of drug-likeness (QED) is 0.325. The van der Waals surface area contributed by atoms with Crippen molar-refractivity contribution in [1.82, 2.24) is 0 Å². The van der Waals surface area contributed by atoms with Crippen LogP contribution in [0.2, 0.25) is 0 Å². The van der Waals surface area contributed by atoms with Crippen LogP contribution in [0.3, 0.4) is 0 Å². The fraction of sp³-hybridized carbons (Fsp3) is 1.00. The average molecular weight is 151 g/mol. The summed E-state index contributed by atoms with van der Waals surface area (Å²) in [5, 5.41) is 7.51. The summed E-state index contributed by atoms with van der Waals surface area (Å²) in [6, 6.07) is 0. The van der Waals surface area contributed by atoms with Crippen LogP contribution >= 0.6 is 34.8 Å². The van der Waals surface area contributed by atoms with Crippen molar-refractivity contribution in [3.63, 3.8) is 0 Å². The molecule has 0 aliphatic carbocycles. The molecule has 0 radical (unpaired) electrons. The van der Waals surface area contributed by atoms with Gasteiger partial charge < -0.3 is 0 Å². The van der Waals surface area contributed by atoms with Crippen LogP contribution < -0.4 is 0 Å². The SMILES string of the molecule is OOC(Cl)(Cl)Cl. The third-order valence-corrected chi connectivity index (χ3v) is 0.311. The van der Waals surface area contributed by atoms with E-state index < -0.39 is 3.98 Å². The Balaban J connectivity index is 3.17. The second-order valence-corrected chi connectivity index (χ2v) is 2.71. The Kier molecular flexibility index (Phi) is 2.48. The fourth-order valence-electron chi connectivity index (χ4n) is 0. The lowest BCUT2D eigenvalue weighted by Gasteiger charge is -2.00. The lowest BCUT2D eigenvalue weighted by Crippen LogP contribution is -2.03. The Morgan fingerprint density at radius 3 is 1.50 bits per heavy atom. The van der Waals surface area contributed by atoms with Crippen molar-refractivity contribution in [2.45, 2.75) is 3.98 Å². The molecule has 1 N–H and O–H groups in total. The van der Waals surface area contributed by atoms with Crippen LogP contribution in [-0.4, -0.2) is 9.24 Å². The minimum absolute atomic E-state index is 1.99. The highest BCUT2D eigenvalue weighted by atomic mass is 35.6. The zero-order valence-electron chi connectivity index (χ0n) is 2.49. The molecule has 38 valence electrons. The molecule has 0 saturated carbocycles. The molecule has 0 aromatic carbocycles. The molecule has 0 aromatic rings. The van der Waals surface area contributed by atoms with Gasteiger partial charge in [0.2, 0.25) is 0 Å². The summed E-state index contributed by atoms with van der Waals surface area (Å²) in [5.41, 5.74) is 0. The molecule has 0 aliphatic heterocycles. The highest BCUT2D eigenvalue weighted by Gasteiger charge is 2.18. The van der Waals surface area contributed by atoms with Crippen molar-refractivity contribution in [2.75, 3.05) is 0 Å². The molecule has 0 atom stereocenters. The Labute approximate surface area is 49.5 Å². The summed E-state index contributed by atoms with van der Waals surface area (Å²) in [7, 11) is 0. The van der Waals surface area contributed by atoms with Gasteiger partial charge in [-0.2, -0.15) is 4.89 Å². The van der Waals surface area contributed by atoms with Crippen molar-refractivity contribution < 1.29 is 10.1 Å². The second-order valence-electron chi connectivity index (χ2n) is 0.537. The van der Waals surface area contributed by atoms with Crippen molar-refractivity contribution in [3.05, 3.63) is 0 Å². The maximum Gasteiger partial charge on any atom is 0.325 e. The molecule has 5 heteroatoms. The summed E-state index contributed by atoms with van der Waals surface area (Å²) in [5.74, 6) is 0. The lowest BCUT2D eigenvalue weighted by atomic mass is 11.6. The van der Waals surface area contributed by atoms with E-state index in [1.165, 1.54) is 0 Å². The van der Waals surface area contributed by atoms with Crippen molar-refractivity contribution in [2.24, 2.45) is 0 Å². The third kappa shape index (κ3) is 4.79. The molecular weight excluding hydrogens is 150 g/mol. The van der Waals surface area contributed by atoms with Gasteiger partial charge in [-0.15, -0.1) is 0 Å². The molecule has 6 heavy (non-hydrogen) atoms. The van der Waals surface area contributed by atoms with Crippen LogP contribution in [0.5, 0.6) is 0 Å². The van der Waals surface area contributed by atoms with Gasteiger partial charge in [-0.25, -0.2) is 5.26 Å². The van der Waals surface area contributed by atoms with Gasteiger partial charge in [0, 0.05) is 0 Å². The van der Waals surface area contributed by atoms with Gasteiger partial charge >= 0.3 is 3.98 Å². The minimum Gasteiger partial charge on any atom is -0.247 e. The topological polar surface area (TPSA) is 29.5 Å². The van der Waals surface area contributed by atoms with Crippen LogP contribution in [0, 0.1) is 0 Å². The summed E-state index contributed by atoms with van der Waals surface area (Å²) < 4.78 is -1.99. The van der Waals surface area contributed by atoms with Crippen LogP contribution in [-0.2, 0) is 4.89 Å². The maximum absolute atomic E-state index is 7.51. The summed E-state index contributed by atoms with van der Waals surface area (Å²) in [4.78, 5) is 3.23. The summed E-state index contributed by atoms with van der Waals surface area (Å²) in [6.45, 7) is 0. The fourth-order valence-corrected chi connectivity index (χ4v) is 0. The summed E-state index contributed by atoms with van der Waals surface area (Å²) in [6.07, 6.45) is 0. The van der Waals surface area contributed by atoms with Gasteiger partial charge in [0.15, 0.2) is 0 Å². The van der Waals surface area contributed by atoms with E-state index in [0.29, 0.717) is 0 Å². The number of hydrogen-bond donors (Lipinski definition) is 1. The largest absolute Gasteiger partial charge is 0.325 e. The minimum atomic E-state index is -1.99. The molecular formula is CHCl3O2. The molecule has 2 nitrogen and oxygen atoms in total. The number of hydrogen-bond acceptors (Lipinski definition) is 2. The Morgan fingerprint density at radius 1 is 1.33 bits per heavy atom. The predicted octanol–water partition coefficient (Wildman–Crippen LogP) is 1.80. The first-order valence-electron chi connectivity index (χ1n) is 0.954. The molecule has 0 fully saturated rings. The van der Waals surface area contributed by atoms with Gasteiger partial charge in [0.25, 0.3) is 0 Å². The molecule has 0 amide bonds. The molecule has 0 spiro atoms. The lowest BCUT2D eigenvalue weighted by molar-refractivity contribution is -0.249. The first-order valence-corrected chi connectivity index (χ1v) is 2.09. The maximum atomic E-state index is 7.51. The van der Waals surface area contributed by atoms with Crippen molar-refractivity contribution in [1.29, 1.82) is 0 Å². The van der Waals surface area contributed by atoms with Gasteiger partial charge in [-0.05, 0) is 0 Å². The van der Waals surface area contributed by atoms with Crippen LogP contribution in [0.1, 0.15) is 0 Å². The smallest absolute Gasteiger partial charge is 0.247 e. The van der Waals surface area contributed by atoms with Gasteiger partial charge in [-0.1, -0.05) is 34.8 Å². The first-order chi connectivity index (χ1) is 2.56. The molecule has 0 saturated heterocycles. The zero-order chi connectivity index (χ0) is 5.21. The highest BCUT2D eigenvalue weighted by Crippen LogP contribution is 2.25. The molecule has 0 bridgehead atoms. The van der Waals surface area contributed by atoms with E-state index in [0.717, 1.165) is 0 Å². The third-order valence-electron chi connectivity index (χ3n) is 0.104. The van der Waals surface area contributed by atoms with E-state index in [1.54, 1.807) is 0 Å². The van der Waals surface area contributed by atoms with E-state index in [-0.39, 0.29) is 0 Å². The second kappa shape index (κ2) is 2.19. The van der Waals surface area contributed by atoms with Gasteiger partial charge in [-0.3, -0.25) is 0 Å². The average Bonchev–Trinajstić information content (AvgIpc) is 1.35. The predicted molar refractivity (Wildman–Crippen MR) is 24.0 cm³/mol. The molecule has 0 heterocycles.